The smallest absolute Gasteiger partial charge is 0.351 e. The van der Waals surface area contributed by atoms with Crippen molar-refractivity contribution in [2.45, 2.75) is 38.6 Å². The van der Waals surface area contributed by atoms with Crippen LogP contribution in [-0.4, -0.2) is 46.0 Å². The number of aromatic nitrogens is 2. The maximum absolute atomic E-state index is 11.9. The molecule has 0 spiro atoms. The first-order chi connectivity index (χ1) is 11.3. The Bertz CT molecular complexity index is 633. The first-order valence-electron chi connectivity index (χ1n) is 7.86. The van der Waals surface area contributed by atoms with Gasteiger partial charge in [-0.3, -0.25) is 9.36 Å². The van der Waals surface area contributed by atoms with Crippen molar-refractivity contribution in [1.82, 2.24) is 9.55 Å². The number of nitrogens with zero attached hydrogens (tertiary/aromatic N) is 2. The van der Waals surface area contributed by atoms with E-state index < -0.39 is 30.0 Å². The van der Waals surface area contributed by atoms with E-state index in [4.69, 9.17) is 20.9 Å². The maximum Gasteiger partial charge on any atom is 0.351 e. The van der Waals surface area contributed by atoms with Gasteiger partial charge in [-0.25, -0.2) is 4.79 Å². The van der Waals surface area contributed by atoms with Crippen LogP contribution in [-0.2, 0) is 14.3 Å². The number of carbonyl (C=O) groups is 1. The van der Waals surface area contributed by atoms with Crippen molar-refractivity contribution in [2.75, 3.05) is 18.9 Å². The first kappa shape index (κ1) is 18.4. The van der Waals surface area contributed by atoms with E-state index in [1.54, 1.807) is 0 Å². The van der Waals surface area contributed by atoms with Gasteiger partial charge in [0.1, 0.15) is 24.7 Å². The van der Waals surface area contributed by atoms with E-state index in [0.717, 1.165) is 0 Å². The van der Waals surface area contributed by atoms with Crippen LogP contribution in [0.15, 0.2) is 17.1 Å². The number of carbonyl (C=O) groups excluding carboxylic acids is 1. The molecule has 1 aliphatic rings. The Hall–Kier alpha value is -1.97. The lowest BCUT2D eigenvalue weighted by molar-refractivity contribution is -0.152. The molecule has 2 heterocycles. The Morgan fingerprint density at radius 3 is 2.88 bits per heavy atom. The third-order valence-corrected chi connectivity index (χ3v) is 4.14. The molecule has 4 atom stereocenters. The van der Waals surface area contributed by atoms with Crippen molar-refractivity contribution in [2.24, 2.45) is 17.6 Å². The molecule has 1 saturated heterocycles. The van der Waals surface area contributed by atoms with Gasteiger partial charge in [-0.05, 0) is 12.0 Å². The molecule has 1 aliphatic heterocycles. The lowest BCUT2D eigenvalue weighted by atomic mass is 10.0. The van der Waals surface area contributed by atoms with Gasteiger partial charge in [0, 0.05) is 25.1 Å². The number of aliphatic hydroxyl groups is 1. The van der Waals surface area contributed by atoms with Gasteiger partial charge in [-0.1, -0.05) is 13.8 Å². The molecule has 9 nitrogen and oxygen atoms in total. The van der Waals surface area contributed by atoms with E-state index in [1.165, 1.54) is 16.8 Å². The van der Waals surface area contributed by atoms with Crippen LogP contribution in [0.1, 0.15) is 26.5 Å². The average Bonchev–Trinajstić information content (AvgIpc) is 2.94. The van der Waals surface area contributed by atoms with Crippen LogP contribution in [0, 0.1) is 11.8 Å². The summed E-state index contributed by atoms with van der Waals surface area (Å²) in [6.45, 7) is 3.47. The zero-order chi connectivity index (χ0) is 17.9. The number of hydrogen-bond acceptors (Lipinski definition) is 8. The van der Waals surface area contributed by atoms with Crippen LogP contribution in [0.3, 0.4) is 0 Å². The number of ether oxygens (including phenoxy) is 2. The van der Waals surface area contributed by atoms with Crippen LogP contribution in [0.25, 0.3) is 0 Å². The zero-order valence-corrected chi connectivity index (χ0v) is 13.8. The minimum Gasteiger partial charge on any atom is -0.462 e. The lowest BCUT2D eigenvalue weighted by Gasteiger charge is -2.19. The van der Waals surface area contributed by atoms with Gasteiger partial charge >= 0.3 is 11.7 Å². The van der Waals surface area contributed by atoms with Crippen molar-refractivity contribution in [3.8, 4) is 0 Å². The highest BCUT2D eigenvalue weighted by Gasteiger charge is 2.37. The second-order valence-corrected chi connectivity index (χ2v) is 6.25. The van der Waals surface area contributed by atoms with Gasteiger partial charge in [0.05, 0.1) is 6.10 Å². The highest BCUT2D eigenvalue weighted by Crippen LogP contribution is 2.32. The van der Waals surface area contributed by atoms with Gasteiger partial charge in [0.25, 0.3) is 0 Å². The Labute approximate surface area is 139 Å². The molecule has 24 heavy (non-hydrogen) atoms. The van der Waals surface area contributed by atoms with Crippen LogP contribution in [0.2, 0.25) is 0 Å². The summed E-state index contributed by atoms with van der Waals surface area (Å²) in [5.41, 5.74) is 10.7. The predicted molar refractivity (Wildman–Crippen MR) is 85.8 cm³/mol. The molecule has 0 amide bonds. The van der Waals surface area contributed by atoms with Gasteiger partial charge < -0.3 is 26.0 Å². The van der Waals surface area contributed by atoms with E-state index in [-0.39, 0.29) is 30.9 Å². The van der Waals surface area contributed by atoms with Crippen LogP contribution in [0.4, 0.5) is 5.82 Å². The van der Waals surface area contributed by atoms with Gasteiger partial charge in [-0.15, -0.1) is 0 Å². The third kappa shape index (κ3) is 4.11. The first-order valence-corrected chi connectivity index (χ1v) is 7.86. The minimum absolute atomic E-state index is 0.0296. The van der Waals surface area contributed by atoms with Crippen molar-refractivity contribution in [3.05, 3.63) is 22.7 Å². The number of hydrogen-bond donors (Lipinski definition) is 3. The summed E-state index contributed by atoms with van der Waals surface area (Å²) in [5, 5.41) is 9.51. The number of nitrogen functional groups attached to an aromatic ring is 1. The highest BCUT2D eigenvalue weighted by atomic mass is 16.6. The Morgan fingerprint density at radius 2 is 2.29 bits per heavy atom. The predicted octanol–water partition coefficient (Wildman–Crippen LogP) is -0.752. The lowest BCUT2D eigenvalue weighted by Crippen LogP contribution is -2.39. The van der Waals surface area contributed by atoms with E-state index in [1.807, 2.05) is 13.8 Å². The van der Waals surface area contributed by atoms with Crippen molar-refractivity contribution in [1.29, 1.82) is 0 Å². The average molecular weight is 340 g/mol. The van der Waals surface area contributed by atoms with E-state index in [2.05, 4.69) is 4.98 Å². The molecule has 1 aromatic rings. The van der Waals surface area contributed by atoms with Crippen molar-refractivity contribution < 1.29 is 19.4 Å². The molecule has 9 heteroatoms. The fourth-order valence-electron chi connectivity index (χ4n) is 2.50. The molecule has 0 unspecified atom stereocenters. The molecule has 2 rings (SSSR count). The minimum atomic E-state index is -0.710. The fraction of sp³-hybridized carbons (Fsp3) is 0.667. The van der Waals surface area contributed by atoms with E-state index in [9.17, 15) is 14.7 Å². The standard InChI is InChI=1S/C15H24N4O5/c1-8(2)13(17)14(21)23-7-10-9(6-20)5-12(24-10)19-4-3-11(16)18-15(19)22/h3-4,8-10,12-13,20H,5-7,17H2,1-2H3,(H2,16,18,22)/t9-,10-,12-,13+/m1/s1. The molecule has 0 bridgehead atoms. The molecular weight excluding hydrogens is 316 g/mol. The second-order valence-electron chi connectivity index (χ2n) is 6.25. The molecule has 0 aliphatic carbocycles. The van der Waals surface area contributed by atoms with Crippen LogP contribution in [0.5, 0.6) is 0 Å². The van der Waals surface area contributed by atoms with Gasteiger partial charge in [0.2, 0.25) is 0 Å². The molecule has 1 aromatic heterocycles. The second kappa shape index (κ2) is 7.73. The summed E-state index contributed by atoms with van der Waals surface area (Å²) in [7, 11) is 0. The summed E-state index contributed by atoms with van der Waals surface area (Å²) in [6.07, 6.45) is 0.783. The molecule has 5 N–H and O–H groups in total. The Balaban J connectivity index is 2.01. The summed E-state index contributed by atoms with van der Waals surface area (Å²) < 4.78 is 12.3. The zero-order valence-electron chi connectivity index (χ0n) is 13.8. The monoisotopic (exact) mass is 340 g/mol. The molecule has 0 saturated carbocycles. The normalized spacial score (nSPS) is 25.0. The van der Waals surface area contributed by atoms with Crippen molar-refractivity contribution in [3.63, 3.8) is 0 Å². The fourth-order valence-corrected chi connectivity index (χ4v) is 2.50. The summed E-state index contributed by atoms with van der Waals surface area (Å²) >= 11 is 0. The number of rotatable bonds is 6. The quantitative estimate of drug-likeness (QED) is 0.574. The van der Waals surface area contributed by atoms with Gasteiger partial charge in [-0.2, -0.15) is 4.98 Å². The number of aliphatic hydroxyl groups excluding tert-OH is 1. The number of anilines is 1. The number of nitrogens with two attached hydrogens (primary N) is 2. The third-order valence-electron chi connectivity index (χ3n) is 4.14. The molecule has 0 radical (unpaired) electrons. The molecule has 134 valence electrons. The SMILES string of the molecule is CC(C)[C@H](N)C(=O)OC[C@H]1O[C@@H](n2ccc(N)nc2=O)C[C@@H]1CO. The summed E-state index contributed by atoms with van der Waals surface area (Å²) in [5.74, 6) is -0.688. The Kier molecular flexibility index (Phi) is 5.92. The molecule has 1 fully saturated rings. The van der Waals surface area contributed by atoms with Crippen LogP contribution < -0.4 is 17.2 Å². The molecular formula is C15H24N4O5. The number of esters is 1. The summed E-state index contributed by atoms with van der Waals surface area (Å²) in [6, 6.07) is 0.784. The summed E-state index contributed by atoms with van der Waals surface area (Å²) in [4.78, 5) is 27.4. The highest BCUT2D eigenvalue weighted by molar-refractivity contribution is 5.75. The Morgan fingerprint density at radius 1 is 1.58 bits per heavy atom. The van der Waals surface area contributed by atoms with E-state index >= 15 is 0 Å². The largest absolute Gasteiger partial charge is 0.462 e. The van der Waals surface area contributed by atoms with Gasteiger partial charge in [0.15, 0.2) is 0 Å². The maximum atomic E-state index is 11.9. The molecule has 0 aromatic carbocycles. The topological polar surface area (TPSA) is 143 Å². The van der Waals surface area contributed by atoms with E-state index in [0.29, 0.717) is 6.42 Å². The van der Waals surface area contributed by atoms with Crippen LogP contribution >= 0.6 is 0 Å². The van der Waals surface area contributed by atoms with Crippen molar-refractivity contribution >= 4 is 11.8 Å².